The number of fused-ring (bicyclic) bond motifs is 1. The zero-order valence-electron chi connectivity index (χ0n) is 14.6. The van der Waals surface area contributed by atoms with Gasteiger partial charge in [0, 0.05) is 42.3 Å². The SMILES string of the molecule is O=C(c1ccc(N2Cc3ccc(Br)cc3C2)c([N+](=O)[O-])c1)N1CCOCC1. The number of benzene rings is 2. The number of carbonyl (C=O) groups is 1. The molecule has 0 N–H and O–H groups in total. The average molecular weight is 432 g/mol. The summed E-state index contributed by atoms with van der Waals surface area (Å²) in [4.78, 5) is 27.6. The zero-order chi connectivity index (χ0) is 19.0. The number of rotatable bonds is 3. The summed E-state index contributed by atoms with van der Waals surface area (Å²) in [6.07, 6.45) is 0. The van der Waals surface area contributed by atoms with E-state index in [9.17, 15) is 14.9 Å². The Balaban J connectivity index is 1.62. The van der Waals surface area contributed by atoms with Gasteiger partial charge < -0.3 is 14.5 Å². The van der Waals surface area contributed by atoms with Crippen molar-refractivity contribution >= 4 is 33.2 Å². The van der Waals surface area contributed by atoms with Gasteiger partial charge in [-0.25, -0.2) is 0 Å². The van der Waals surface area contributed by atoms with Crippen LogP contribution in [-0.4, -0.2) is 42.0 Å². The number of ether oxygens (including phenoxy) is 1. The molecule has 7 nitrogen and oxygen atoms in total. The van der Waals surface area contributed by atoms with Crippen molar-refractivity contribution in [3.05, 3.63) is 67.7 Å². The first-order valence-corrected chi connectivity index (χ1v) is 9.50. The highest BCUT2D eigenvalue weighted by Crippen LogP contribution is 2.36. The third-order valence-corrected chi connectivity index (χ3v) is 5.44. The Morgan fingerprint density at radius 3 is 2.56 bits per heavy atom. The van der Waals surface area contributed by atoms with Crippen molar-refractivity contribution in [3.8, 4) is 0 Å². The highest BCUT2D eigenvalue weighted by atomic mass is 79.9. The molecule has 2 aromatic rings. The summed E-state index contributed by atoms with van der Waals surface area (Å²) in [5.74, 6) is -0.193. The van der Waals surface area contributed by atoms with Crippen LogP contribution in [0.2, 0.25) is 0 Å². The number of carbonyl (C=O) groups excluding carboxylic acids is 1. The van der Waals surface area contributed by atoms with Gasteiger partial charge in [0.15, 0.2) is 0 Å². The molecule has 4 rings (SSSR count). The van der Waals surface area contributed by atoms with E-state index >= 15 is 0 Å². The molecular formula is C19H18BrN3O4. The maximum atomic E-state index is 12.7. The van der Waals surface area contributed by atoms with E-state index in [0.717, 1.165) is 15.6 Å². The van der Waals surface area contributed by atoms with Crippen LogP contribution in [0.3, 0.4) is 0 Å². The molecule has 0 atom stereocenters. The fourth-order valence-corrected chi connectivity index (χ4v) is 3.96. The molecule has 1 saturated heterocycles. The van der Waals surface area contributed by atoms with Crippen molar-refractivity contribution in [1.29, 1.82) is 0 Å². The highest BCUT2D eigenvalue weighted by molar-refractivity contribution is 9.10. The third-order valence-electron chi connectivity index (χ3n) is 4.95. The van der Waals surface area contributed by atoms with Crippen molar-refractivity contribution in [1.82, 2.24) is 4.90 Å². The first-order chi connectivity index (χ1) is 13.0. The molecule has 0 bridgehead atoms. The van der Waals surface area contributed by atoms with E-state index in [1.165, 1.54) is 6.07 Å². The van der Waals surface area contributed by atoms with Crippen LogP contribution in [0, 0.1) is 10.1 Å². The summed E-state index contributed by atoms with van der Waals surface area (Å²) >= 11 is 3.46. The molecule has 0 unspecified atom stereocenters. The molecule has 8 heteroatoms. The molecule has 2 aliphatic heterocycles. The quantitative estimate of drug-likeness (QED) is 0.550. The van der Waals surface area contributed by atoms with E-state index in [0.29, 0.717) is 50.6 Å². The zero-order valence-corrected chi connectivity index (χ0v) is 16.1. The van der Waals surface area contributed by atoms with Crippen LogP contribution in [-0.2, 0) is 17.8 Å². The molecule has 27 heavy (non-hydrogen) atoms. The van der Waals surface area contributed by atoms with Gasteiger partial charge in [-0.2, -0.15) is 0 Å². The summed E-state index contributed by atoms with van der Waals surface area (Å²) in [5.41, 5.74) is 3.13. The second-order valence-corrected chi connectivity index (χ2v) is 7.55. The maximum absolute atomic E-state index is 12.7. The van der Waals surface area contributed by atoms with Crippen molar-refractivity contribution in [2.45, 2.75) is 13.1 Å². The van der Waals surface area contributed by atoms with Crippen molar-refractivity contribution in [2.75, 3.05) is 31.2 Å². The van der Waals surface area contributed by atoms with Crippen LogP contribution in [0.15, 0.2) is 40.9 Å². The molecule has 0 aliphatic carbocycles. The fourth-order valence-electron chi connectivity index (χ4n) is 3.55. The van der Waals surface area contributed by atoms with Crippen LogP contribution in [0.25, 0.3) is 0 Å². The largest absolute Gasteiger partial charge is 0.378 e. The Bertz CT molecular complexity index is 912. The van der Waals surface area contributed by atoms with E-state index in [4.69, 9.17) is 4.74 Å². The van der Waals surface area contributed by atoms with Crippen molar-refractivity contribution in [2.24, 2.45) is 0 Å². The number of anilines is 1. The Labute approximate surface area is 164 Å². The lowest BCUT2D eigenvalue weighted by molar-refractivity contribution is -0.384. The van der Waals surface area contributed by atoms with E-state index < -0.39 is 4.92 Å². The van der Waals surface area contributed by atoms with Gasteiger partial charge in [-0.1, -0.05) is 22.0 Å². The van der Waals surface area contributed by atoms with Gasteiger partial charge in [-0.15, -0.1) is 0 Å². The summed E-state index contributed by atoms with van der Waals surface area (Å²) < 4.78 is 6.25. The number of nitro groups is 1. The lowest BCUT2D eigenvalue weighted by Gasteiger charge is -2.27. The summed E-state index contributed by atoms with van der Waals surface area (Å²) in [6, 6.07) is 10.8. The van der Waals surface area contributed by atoms with Gasteiger partial charge in [-0.3, -0.25) is 14.9 Å². The molecule has 0 radical (unpaired) electrons. The molecule has 0 aromatic heterocycles. The van der Waals surface area contributed by atoms with Gasteiger partial charge in [0.25, 0.3) is 11.6 Å². The predicted molar refractivity (Wildman–Crippen MR) is 104 cm³/mol. The average Bonchev–Trinajstić information content (AvgIpc) is 3.10. The molecule has 2 aliphatic rings. The third kappa shape index (κ3) is 3.54. The molecule has 0 spiro atoms. The molecule has 1 fully saturated rings. The number of hydrogen-bond donors (Lipinski definition) is 0. The number of nitro benzene ring substituents is 1. The normalized spacial score (nSPS) is 16.3. The van der Waals surface area contributed by atoms with Gasteiger partial charge in [0.1, 0.15) is 5.69 Å². The lowest BCUT2D eigenvalue weighted by atomic mass is 10.1. The number of morpholine rings is 1. The second-order valence-electron chi connectivity index (χ2n) is 6.63. The van der Waals surface area contributed by atoms with Crippen molar-refractivity contribution < 1.29 is 14.5 Å². The van der Waals surface area contributed by atoms with Crippen molar-refractivity contribution in [3.63, 3.8) is 0 Å². The molecule has 0 saturated carbocycles. The summed E-state index contributed by atoms with van der Waals surface area (Å²) in [6.45, 7) is 3.21. The number of hydrogen-bond acceptors (Lipinski definition) is 5. The highest BCUT2D eigenvalue weighted by Gasteiger charge is 2.28. The Morgan fingerprint density at radius 2 is 1.81 bits per heavy atom. The van der Waals surface area contributed by atoms with E-state index in [1.54, 1.807) is 17.0 Å². The molecule has 2 heterocycles. The number of nitrogens with zero attached hydrogens (tertiary/aromatic N) is 3. The van der Waals surface area contributed by atoms with Gasteiger partial charge in [-0.05, 0) is 35.4 Å². The summed E-state index contributed by atoms with van der Waals surface area (Å²) in [5, 5.41) is 11.7. The monoisotopic (exact) mass is 431 g/mol. The van der Waals surface area contributed by atoms with Gasteiger partial charge in [0.2, 0.25) is 0 Å². The smallest absolute Gasteiger partial charge is 0.293 e. The molecule has 2 aromatic carbocycles. The Hall–Kier alpha value is -2.45. The maximum Gasteiger partial charge on any atom is 0.293 e. The first-order valence-electron chi connectivity index (χ1n) is 8.70. The van der Waals surface area contributed by atoms with Crippen LogP contribution in [0.1, 0.15) is 21.5 Å². The topological polar surface area (TPSA) is 75.9 Å². The van der Waals surface area contributed by atoms with E-state index in [1.807, 2.05) is 23.1 Å². The van der Waals surface area contributed by atoms with E-state index in [-0.39, 0.29) is 11.6 Å². The summed E-state index contributed by atoms with van der Waals surface area (Å²) in [7, 11) is 0. The first kappa shape index (κ1) is 17.9. The minimum Gasteiger partial charge on any atom is -0.378 e. The number of amides is 1. The second kappa shape index (κ2) is 7.28. The predicted octanol–water partition coefficient (Wildman–Crippen LogP) is 3.35. The Kier molecular flexibility index (Phi) is 4.84. The Morgan fingerprint density at radius 1 is 1.07 bits per heavy atom. The molecule has 1 amide bonds. The molecule has 140 valence electrons. The van der Waals surface area contributed by atoms with Crippen LogP contribution >= 0.6 is 15.9 Å². The van der Waals surface area contributed by atoms with E-state index in [2.05, 4.69) is 15.9 Å². The lowest BCUT2D eigenvalue weighted by Crippen LogP contribution is -2.40. The van der Waals surface area contributed by atoms with Gasteiger partial charge in [0.05, 0.1) is 18.1 Å². The minimum atomic E-state index is -0.412. The van der Waals surface area contributed by atoms with Crippen LogP contribution in [0.4, 0.5) is 11.4 Å². The van der Waals surface area contributed by atoms with Crippen LogP contribution in [0.5, 0.6) is 0 Å². The van der Waals surface area contributed by atoms with Crippen LogP contribution < -0.4 is 4.90 Å². The van der Waals surface area contributed by atoms with Gasteiger partial charge >= 0.3 is 0 Å². The molecular weight excluding hydrogens is 414 g/mol. The standard InChI is InChI=1S/C19H18BrN3O4/c20-16-3-1-14-11-22(12-15(14)9-16)17-4-2-13(10-18(17)23(25)26)19(24)21-5-7-27-8-6-21/h1-4,9-10H,5-8,11-12H2. The number of halogens is 1. The minimum absolute atomic E-state index is 0.0408. The fraction of sp³-hybridized carbons (Fsp3) is 0.316.